The molecule has 0 fully saturated rings. The van der Waals surface area contributed by atoms with E-state index in [1.54, 1.807) is 0 Å². The number of hydrogen-bond acceptors (Lipinski definition) is 1. The highest BCUT2D eigenvalue weighted by Crippen LogP contribution is 2.19. The summed E-state index contributed by atoms with van der Waals surface area (Å²) in [6.07, 6.45) is 1.82. The number of hydrogen-bond donors (Lipinski definition) is 0. The van der Waals surface area contributed by atoms with Crippen LogP contribution in [0, 0.1) is 6.07 Å². The van der Waals surface area contributed by atoms with Crippen LogP contribution in [-0.4, -0.2) is 9.55 Å². The SMILES string of the molecule is Clc1ccccc1Cn1cnc2[c]cccc21. The molecule has 0 unspecified atom stereocenters. The minimum atomic E-state index is 0.730. The van der Waals surface area contributed by atoms with Crippen molar-refractivity contribution in [3.63, 3.8) is 0 Å². The third-order valence-electron chi connectivity index (χ3n) is 2.75. The smallest absolute Gasteiger partial charge is 0.0963 e. The lowest BCUT2D eigenvalue weighted by atomic mass is 10.2. The molecule has 0 bridgehead atoms. The Morgan fingerprint density at radius 2 is 2.06 bits per heavy atom. The first-order valence-electron chi connectivity index (χ1n) is 5.39. The first-order valence-corrected chi connectivity index (χ1v) is 5.77. The van der Waals surface area contributed by atoms with E-state index in [9.17, 15) is 0 Å². The average Bonchev–Trinajstić information content (AvgIpc) is 2.76. The average molecular weight is 242 g/mol. The molecule has 0 amide bonds. The Hall–Kier alpha value is -1.80. The van der Waals surface area contributed by atoms with E-state index in [-0.39, 0.29) is 0 Å². The molecule has 2 aromatic carbocycles. The lowest BCUT2D eigenvalue weighted by Crippen LogP contribution is -1.98. The standard InChI is InChI=1S/C14H10ClN2/c15-12-6-2-1-5-11(12)9-17-10-16-13-7-3-4-8-14(13)17/h1-6,8,10H,9H2. The van der Waals surface area contributed by atoms with Gasteiger partial charge in [0.1, 0.15) is 0 Å². The third-order valence-corrected chi connectivity index (χ3v) is 3.12. The summed E-state index contributed by atoms with van der Waals surface area (Å²) >= 11 is 6.15. The molecule has 2 nitrogen and oxygen atoms in total. The number of imidazole rings is 1. The first-order chi connectivity index (χ1) is 8.34. The first kappa shape index (κ1) is 10.4. The summed E-state index contributed by atoms with van der Waals surface area (Å²) in [6.45, 7) is 0.730. The van der Waals surface area contributed by atoms with Gasteiger partial charge in [0, 0.05) is 11.1 Å². The van der Waals surface area contributed by atoms with E-state index in [1.807, 2.05) is 48.8 Å². The van der Waals surface area contributed by atoms with Crippen LogP contribution in [0.5, 0.6) is 0 Å². The zero-order valence-corrected chi connectivity index (χ0v) is 9.85. The highest BCUT2D eigenvalue weighted by molar-refractivity contribution is 6.31. The predicted molar refractivity (Wildman–Crippen MR) is 69.1 cm³/mol. The van der Waals surface area contributed by atoms with Crippen molar-refractivity contribution >= 4 is 22.6 Å². The molecule has 0 aliphatic rings. The summed E-state index contributed by atoms with van der Waals surface area (Å²) in [6, 6.07) is 16.8. The molecule has 0 atom stereocenters. The summed E-state index contributed by atoms with van der Waals surface area (Å²) in [5, 5.41) is 0.786. The predicted octanol–water partition coefficient (Wildman–Crippen LogP) is 3.54. The maximum atomic E-state index is 6.15. The van der Waals surface area contributed by atoms with Gasteiger partial charge in [-0.25, -0.2) is 4.98 Å². The molecule has 3 rings (SSSR count). The van der Waals surface area contributed by atoms with Crippen molar-refractivity contribution in [3.05, 3.63) is 65.4 Å². The second-order valence-electron chi connectivity index (χ2n) is 3.87. The molecule has 1 aromatic heterocycles. The molecule has 17 heavy (non-hydrogen) atoms. The maximum Gasteiger partial charge on any atom is 0.0963 e. The van der Waals surface area contributed by atoms with Crippen LogP contribution in [-0.2, 0) is 6.54 Å². The maximum absolute atomic E-state index is 6.15. The summed E-state index contributed by atoms with van der Waals surface area (Å²) in [7, 11) is 0. The van der Waals surface area contributed by atoms with E-state index in [0.29, 0.717) is 0 Å². The third kappa shape index (κ3) is 1.92. The van der Waals surface area contributed by atoms with E-state index in [1.165, 1.54) is 0 Å². The topological polar surface area (TPSA) is 17.8 Å². The van der Waals surface area contributed by atoms with Gasteiger partial charge in [-0.15, -0.1) is 0 Å². The highest BCUT2D eigenvalue weighted by Gasteiger charge is 2.04. The van der Waals surface area contributed by atoms with Crippen molar-refractivity contribution in [1.82, 2.24) is 9.55 Å². The Morgan fingerprint density at radius 3 is 2.94 bits per heavy atom. The Balaban J connectivity index is 2.03. The Kier molecular flexibility index (Phi) is 2.57. The second kappa shape index (κ2) is 4.22. The minimum absolute atomic E-state index is 0.730. The van der Waals surface area contributed by atoms with E-state index in [4.69, 9.17) is 11.6 Å². The number of nitrogens with zero attached hydrogens (tertiary/aromatic N) is 2. The van der Waals surface area contributed by atoms with Crippen LogP contribution < -0.4 is 0 Å². The number of fused-ring (bicyclic) bond motifs is 1. The van der Waals surface area contributed by atoms with Gasteiger partial charge >= 0.3 is 0 Å². The van der Waals surface area contributed by atoms with Crippen LogP contribution in [0.25, 0.3) is 11.0 Å². The summed E-state index contributed by atoms with van der Waals surface area (Å²) in [5.74, 6) is 0. The molecule has 0 saturated heterocycles. The quantitative estimate of drug-likeness (QED) is 0.671. The fraction of sp³-hybridized carbons (Fsp3) is 0.0714. The number of rotatable bonds is 2. The molecule has 0 spiro atoms. The fourth-order valence-corrected chi connectivity index (χ4v) is 2.08. The van der Waals surface area contributed by atoms with Crippen molar-refractivity contribution < 1.29 is 0 Å². The highest BCUT2D eigenvalue weighted by atomic mass is 35.5. The monoisotopic (exact) mass is 241 g/mol. The van der Waals surface area contributed by atoms with Gasteiger partial charge in [0.25, 0.3) is 0 Å². The summed E-state index contributed by atoms with van der Waals surface area (Å²) < 4.78 is 2.08. The normalized spacial score (nSPS) is 10.9. The van der Waals surface area contributed by atoms with Crippen molar-refractivity contribution in [2.75, 3.05) is 0 Å². The van der Waals surface area contributed by atoms with Gasteiger partial charge in [-0.1, -0.05) is 41.9 Å². The molecule has 3 aromatic rings. The van der Waals surface area contributed by atoms with Crippen LogP contribution in [0.15, 0.2) is 48.8 Å². The summed E-state index contributed by atoms with van der Waals surface area (Å²) in [4.78, 5) is 4.31. The Morgan fingerprint density at radius 1 is 1.18 bits per heavy atom. The molecular weight excluding hydrogens is 232 g/mol. The number of aromatic nitrogens is 2. The lowest BCUT2D eigenvalue weighted by molar-refractivity contribution is 0.825. The van der Waals surface area contributed by atoms with Crippen molar-refractivity contribution in [2.24, 2.45) is 0 Å². The second-order valence-corrected chi connectivity index (χ2v) is 4.28. The molecule has 0 N–H and O–H groups in total. The molecule has 83 valence electrons. The van der Waals surface area contributed by atoms with Crippen LogP contribution in [0.2, 0.25) is 5.02 Å². The minimum Gasteiger partial charge on any atom is -0.326 e. The van der Waals surface area contributed by atoms with Gasteiger partial charge in [-0.3, -0.25) is 0 Å². The Labute approximate surface area is 104 Å². The van der Waals surface area contributed by atoms with E-state index >= 15 is 0 Å². The number of halogens is 1. The summed E-state index contributed by atoms with van der Waals surface area (Å²) in [5.41, 5.74) is 3.06. The van der Waals surface area contributed by atoms with Crippen LogP contribution in [0.4, 0.5) is 0 Å². The molecule has 3 heteroatoms. The van der Waals surface area contributed by atoms with Crippen LogP contribution >= 0.6 is 11.6 Å². The van der Waals surface area contributed by atoms with Gasteiger partial charge in [0.15, 0.2) is 0 Å². The lowest BCUT2D eigenvalue weighted by Gasteiger charge is -2.06. The van der Waals surface area contributed by atoms with Crippen LogP contribution in [0.1, 0.15) is 5.56 Å². The van der Waals surface area contributed by atoms with E-state index in [2.05, 4.69) is 15.6 Å². The van der Waals surface area contributed by atoms with Gasteiger partial charge < -0.3 is 4.57 Å². The Bertz CT molecular complexity index is 658. The molecule has 1 radical (unpaired) electrons. The molecule has 1 heterocycles. The van der Waals surface area contributed by atoms with Crippen molar-refractivity contribution in [1.29, 1.82) is 0 Å². The van der Waals surface area contributed by atoms with Gasteiger partial charge in [-0.2, -0.15) is 0 Å². The van der Waals surface area contributed by atoms with E-state index < -0.39 is 0 Å². The fourth-order valence-electron chi connectivity index (χ4n) is 1.88. The molecule has 0 aliphatic carbocycles. The molecule has 0 saturated carbocycles. The largest absolute Gasteiger partial charge is 0.326 e. The van der Waals surface area contributed by atoms with Crippen LogP contribution in [0.3, 0.4) is 0 Å². The number of benzene rings is 2. The van der Waals surface area contributed by atoms with Crippen molar-refractivity contribution in [2.45, 2.75) is 6.54 Å². The van der Waals surface area contributed by atoms with Crippen molar-refractivity contribution in [3.8, 4) is 0 Å². The van der Waals surface area contributed by atoms with Gasteiger partial charge in [0.05, 0.1) is 23.9 Å². The van der Waals surface area contributed by atoms with Gasteiger partial charge in [0.2, 0.25) is 0 Å². The van der Waals surface area contributed by atoms with E-state index in [0.717, 1.165) is 28.2 Å². The zero-order chi connectivity index (χ0) is 11.7. The van der Waals surface area contributed by atoms with Gasteiger partial charge in [-0.05, 0) is 17.7 Å². The number of para-hydroxylation sites is 1. The molecule has 0 aliphatic heterocycles. The molecular formula is C14H10ClN2. The zero-order valence-electron chi connectivity index (χ0n) is 9.10.